The van der Waals surface area contributed by atoms with Crippen molar-refractivity contribution >= 4 is 27.5 Å². The fraction of sp³-hybridized carbons (Fsp3) is 0.579. The number of fused-ring (bicyclic) bond motifs is 1. The number of anilines is 1. The van der Waals surface area contributed by atoms with E-state index in [9.17, 15) is 13.2 Å². The monoisotopic (exact) mass is 377 g/mol. The van der Waals surface area contributed by atoms with Crippen LogP contribution >= 0.6 is 0 Å². The zero-order chi connectivity index (χ0) is 18.8. The van der Waals surface area contributed by atoms with Crippen molar-refractivity contribution in [3.05, 3.63) is 24.3 Å². The number of nitrogens with zero attached hydrogens (tertiary/aromatic N) is 1. The van der Waals surface area contributed by atoms with E-state index in [1.165, 1.54) is 19.3 Å². The van der Waals surface area contributed by atoms with Crippen LogP contribution in [0.2, 0.25) is 0 Å². The van der Waals surface area contributed by atoms with Crippen LogP contribution in [0, 0.1) is 5.41 Å². The fourth-order valence-electron chi connectivity index (χ4n) is 3.72. The minimum absolute atomic E-state index is 0.0292. The molecule has 2 N–H and O–H groups in total. The van der Waals surface area contributed by atoms with Crippen LogP contribution in [-0.4, -0.2) is 26.2 Å². The summed E-state index contributed by atoms with van der Waals surface area (Å²) >= 11 is 0. The Bertz CT molecular complexity index is 809. The van der Waals surface area contributed by atoms with Crippen LogP contribution < -0.4 is 10.6 Å². The van der Waals surface area contributed by atoms with Gasteiger partial charge in [0.05, 0.1) is 5.69 Å². The van der Waals surface area contributed by atoms with Crippen molar-refractivity contribution in [1.29, 1.82) is 0 Å². The molecule has 0 radical (unpaired) electrons. The van der Waals surface area contributed by atoms with Crippen LogP contribution in [-0.2, 0) is 14.8 Å². The zero-order valence-corrected chi connectivity index (χ0v) is 16.2. The molecule has 2 aliphatic rings. The summed E-state index contributed by atoms with van der Waals surface area (Å²) in [5.41, 5.74) is 0.145. The molecule has 1 aliphatic heterocycles. The second-order valence-corrected chi connectivity index (χ2v) is 9.63. The van der Waals surface area contributed by atoms with E-state index in [0.717, 1.165) is 12.8 Å². The van der Waals surface area contributed by atoms with Crippen molar-refractivity contribution in [2.24, 2.45) is 9.81 Å². The number of rotatable bonds is 5. The number of amidine groups is 1. The lowest BCUT2D eigenvalue weighted by atomic mass is 9.84. The van der Waals surface area contributed by atoms with Gasteiger partial charge in [-0.3, -0.25) is 4.79 Å². The van der Waals surface area contributed by atoms with Crippen LogP contribution in [0.15, 0.2) is 33.6 Å². The van der Waals surface area contributed by atoms with Gasteiger partial charge in [-0.25, -0.2) is 0 Å². The van der Waals surface area contributed by atoms with Crippen molar-refractivity contribution in [2.75, 3.05) is 5.32 Å². The maximum Gasteiger partial charge on any atom is 0.286 e. The van der Waals surface area contributed by atoms with E-state index in [0.29, 0.717) is 24.4 Å². The minimum Gasteiger partial charge on any atom is -0.353 e. The number of carbonyl (C=O) groups is 1. The molecule has 142 valence electrons. The Labute approximate surface area is 155 Å². The minimum atomic E-state index is -3.69. The summed E-state index contributed by atoms with van der Waals surface area (Å²) < 4.78 is 28.6. The number of sulfonamides is 1. The summed E-state index contributed by atoms with van der Waals surface area (Å²) in [5, 5.41) is 6.23. The molecule has 3 rings (SSSR count). The molecule has 1 fully saturated rings. The summed E-state index contributed by atoms with van der Waals surface area (Å²) in [6.07, 6.45) is 6.42. The molecule has 0 unspecified atom stereocenters. The Morgan fingerprint density at radius 1 is 1.23 bits per heavy atom. The van der Waals surface area contributed by atoms with E-state index in [1.54, 1.807) is 24.3 Å². The van der Waals surface area contributed by atoms with Gasteiger partial charge in [0, 0.05) is 18.9 Å². The van der Waals surface area contributed by atoms with Crippen LogP contribution in [0.1, 0.15) is 58.8 Å². The quantitative estimate of drug-likeness (QED) is 0.823. The summed E-state index contributed by atoms with van der Waals surface area (Å²) in [6, 6.07) is 7.01. The third kappa shape index (κ3) is 4.63. The lowest BCUT2D eigenvalue weighted by Crippen LogP contribution is -2.39. The molecule has 1 heterocycles. The molecular formula is C19H27N3O3S. The molecule has 0 aromatic heterocycles. The second-order valence-electron chi connectivity index (χ2n) is 8.05. The number of carbonyl (C=O) groups excluding carboxylic acids is 1. The topological polar surface area (TPSA) is 87.6 Å². The van der Waals surface area contributed by atoms with Crippen LogP contribution in [0.25, 0.3) is 0 Å². The van der Waals surface area contributed by atoms with Gasteiger partial charge < -0.3 is 10.6 Å². The number of benzene rings is 1. The highest BCUT2D eigenvalue weighted by Crippen LogP contribution is 2.32. The van der Waals surface area contributed by atoms with Gasteiger partial charge in [0.1, 0.15) is 10.7 Å². The third-order valence-corrected chi connectivity index (χ3v) is 6.30. The molecule has 1 aliphatic carbocycles. The predicted octanol–water partition coefficient (Wildman–Crippen LogP) is 3.45. The Hall–Kier alpha value is -1.89. The maximum absolute atomic E-state index is 12.4. The molecule has 1 aromatic carbocycles. The number of para-hydroxylation sites is 1. The largest absolute Gasteiger partial charge is 0.353 e. The van der Waals surface area contributed by atoms with Gasteiger partial charge >= 0.3 is 0 Å². The fourth-order valence-corrected chi connectivity index (χ4v) is 4.87. The molecule has 1 saturated carbocycles. The van der Waals surface area contributed by atoms with Gasteiger partial charge in [-0.15, -0.1) is 4.40 Å². The first-order valence-electron chi connectivity index (χ1n) is 9.24. The number of nitrogens with one attached hydrogen (secondary N) is 2. The smallest absolute Gasteiger partial charge is 0.286 e. The first-order chi connectivity index (χ1) is 12.3. The van der Waals surface area contributed by atoms with E-state index in [-0.39, 0.29) is 16.8 Å². The average Bonchev–Trinajstić information content (AvgIpc) is 2.54. The Morgan fingerprint density at radius 2 is 1.92 bits per heavy atom. The van der Waals surface area contributed by atoms with E-state index < -0.39 is 15.4 Å². The Kier molecular flexibility index (Phi) is 5.37. The first kappa shape index (κ1) is 18.9. The third-order valence-electron chi connectivity index (χ3n) is 4.93. The van der Waals surface area contributed by atoms with Crippen molar-refractivity contribution in [3.8, 4) is 0 Å². The summed E-state index contributed by atoms with van der Waals surface area (Å²) in [6.45, 7) is 3.93. The van der Waals surface area contributed by atoms with Gasteiger partial charge in [0.2, 0.25) is 5.91 Å². The van der Waals surface area contributed by atoms with Gasteiger partial charge in [0.25, 0.3) is 10.0 Å². The highest BCUT2D eigenvalue weighted by molar-refractivity contribution is 7.90. The standard InChI is InChI=1S/C19H27N3O3S/c1-19(2,13-18(23)20-14-8-4-3-5-9-14)12-17-21-15-10-6-7-11-16(15)26(24,25)22-17/h6-7,10-11,14H,3-5,8-9,12-13H2,1-2H3,(H,20,23)(H,21,22). The van der Waals surface area contributed by atoms with E-state index >= 15 is 0 Å². The highest BCUT2D eigenvalue weighted by atomic mass is 32.2. The average molecular weight is 378 g/mol. The molecule has 6 nitrogen and oxygen atoms in total. The number of hydrogen-bond acceptors (Lipinski definition) is 4. The highest BCUT2D eigenvalue weighted by Gasteiger charge is 2.30. The number of amides is 1. The van der Waals surface area contributed by atoms with Crippen LogP contribution in [0.3, 0.4) is 0 Å². The summed E-state index contributed by atoms with van der Waals surface area (Å²) in [7, 11) is -3.69. The van der Waals surface area contributed by atoms with Crippen molar-refractivity contribution in [3.63, 3.8) is 0 Å². The summed E-state index contributed by atoms with van der Waals surface area (Å²) in [5.74, 6) is 0.417. The molecule has 26 heavy (non-hydrogen) atoms. The first-order valence-corrected chi connectivity index (χ1v) is 10.7. The molecule has 0 spiro atoms. The summed E-state index contributed by atoms with van der Waals surface area (Å²) in [4.78, 5) is 12.6. The molecule has 0 saturated heterocycles. The molecule has 7 heteroatoms. The second kappa shape index (κ2) is 7.39. The SMILES string of the molecule is CC(C)(CC(=O)NC1CCCCC1)CC1=NS(=O)(=O)c2ccccc2N1. The Balaban J connectivity index is 1.64. The van der Waals surface area contributed by atoms with Crippen molar-refractivity contribution in [1.82, 2.24) is 5.32 Å². The van der Waals surface area contributed by atoms with E-state index in [4.69, 9.17) is 0 Å². The van der Waals surface area contributed by atoms with Gasteiger partial charge in [-0.1, -0.05) is 45.2 Å². The number of hydrogen-bond donors (Lipinski definition) is 2. The normalized spacial score (nSPS) is 19.8. The van der Waals surface area contributed by atoms with E-state index in [1.807, 2.05) is 13.8 Å². The molecule has 0 bridgehead atoms. The maximum atomic E-state index is 12.4. The molecule has 1 aromatic rings. The molecule has 0 atom stereocenters. The predicted molar refractivity (Wildman–Crippen MR) is 103 cm³/mol. The van der Waals surface area contributed by atoms with Crippen molar-refractivity contribution in [2.45, 2.75) is 69.7 Å². The lowest BCUT2D eigenvalue weighted by Gasteiger charge is -2.29. The molecule has 1 amide bonds. The Morgan fingerprint density at radius 3 is 2.65 bits per heavy atom. The van der Waals surface area contributed by atoms with Gasteiger partial charge in [0.15, 0.2) is 0 Å². The van der Waals surface area contributed by atoms with Gasteiger partial charge in [-0.05, 0) is 30.4 Å². The zero-order valence-electron chi connectivity index (χ0n) is 15.4. The van der Waals surface area contributed by atoms with Crippen LogP contribution in [0.5, 0.6) is 0 Å². The van der Waals surface area contributed by atoms with Crippen LogP contribution in [0.4, 0.5) is 5.69 Å². The van der Waals surface area contributed by atoms with E-state index in [2.05, 4.69) is 15.0 Å². The lowest BCUT2D eigenvalue weighted by molar-refractivity contribution is -0.123. The van der Waals surface area contributed by atoms with Gasteiger partial charge in [-0.2, -0.15) is 8.42 Å². The molecular weight excluding hydrogens is 350 g/mol. The van der Waals surface area contributed by atoms with Crippen molar-refractivity contribution < 1.29 is 13.2 Å².